The van der Waals surface area contributed by atoms with E-state index in [4.69, 9.17) is 4.74 Å². The van der Waals surface area contributed by atoms with Crippen molar-refractivity contribution in [2.75, 3.05) is 13.2 Å². The molecule has 2 amide bonds. The Hall–Kier alpha value is -1.75. The van der Waals surface area contributed by atoms with Crippen molar-refractivity contribution in [1.82, 2.24) is 4.90 Å². The van der Waals surface area contributed by atoms with E-state index >= 15 is 0 Å². The summed E-state index contributed by atoms with van der Waals surface area (Å²) in [6.07, 6.45) is 4.16. The number of carbonyl (C=O) groups is 2. The third-order valence-electron chi connectivity index (χ3n) is 4.44. The largest absolute Gasteiger partial charge is 0.493 e. The van der Waals surface area contributed by atoms with Crippen molar-refractivity contribution < 1.29 is 14.3 Å². The molecule has 0 N–H and O–H groups in total. The van der Waals surface area contributed by atoms with Gasteiger partial charge in [0.15, 0.2) is 0 Å². The summed E-state index contributed by atoms with van der Waals surface area (Å²) >= 11 is 1.48. The maximum absolute atomic E-state index is 13.1. The highest BCUT2D eigenvalue weighted by molar-refractivity contribution is 8.04. The van der Waals surface area contributed by atoms with Crippen molar-refractivity contribution in [3.63, 3.8) is 0 Å². The predicted molar refractivity (Wildman–Crippen MR) is 117 cm³/mol. The summed E-state index contributed by atoms with van der Waals surface area (Å²) in [6.45, 7) is 11.6. The van der Waals surface area contributed by atoms with Gasteiger partial charge >= 0.3 is 0 Å². The molecular formula is C23H33NO3S. The van der Waals surface area contributed by atoms with Crippen LogP contribution in [0.5, 0.6) is 5.75 Å². The fraction of sp³-hybridized carbons (Fsp3) is 0.565. The predicted octanol–water partition coefficient (Wildman–Crippen LogP) is 5.52. The second-order valence-corrected chi connectivity index (χ2v) is 9.51. The third-order valence-corrected chi connectivity index (χ3v) is 5.53. The van der Waals surface area contributed by atoms with Gasteiger partial charge in [0.2, 0.25) is 0 Å². The molecule has 0 bridgehead atoms. The van der Waals surface area contributed by atoms with Gasteiger partial charge in [-0.25, -0.2) is 0 Å². The molecule has 28 heavy (non-hydrogen) atoms. The Labute approximate surface area is 173 Å². The lowest BCUT2D eigenvalue weighted by atomic mass is 10.1. The molecule has 4 nitrogen and oxygen atoms in total. The van der Waals surface area contributed by atoms with Crippen molar-refractivity contribution in [2.24, 2.45) is 5.92 Å². The van der Waals surface area contributed by atoms with Gasteiger partial charge in [-0.3, -0.25) is 14.5 Å². The van der Waals surface area contributed by atoms with Crippen LogP contribution in [0.15, 0.2) is 29.2 Å². The number of unbranched alkanes of at least 4 members (excludes halogenated alkanes) is 3. The summed E-state index contributed by atoms with van der Waals surface area (Å²) in [4.78, 5) is 28.0. The lowest BCUT2D eigenvalue weighted by Gasteiger charge is -2.15. The molecule has 1 aliphatic heterocycles. The number of thioether (sulfide) groups is 1. The lowest BCUT2D eigenvalue weighted by Crippen LogP contribution is -2.32. The van der Waals surface area contributed by atoms with Gasteiger partial charge in [0.05, 0.1) is 17.1 Å². The molecule has 0 radical (unpaired) electrons. The molecule has 0 saturated carbocycles. The van der Waals surface area contributed by atoms with E-state index in [1.54, 1.807) is 0 Å². The molecule has 1 aliphatic rings. The second-order valence-electron chi connectivity index (χ2n) is 7.92. The molecule has 0 atom stereocenters. The number of ether oxygens (including phenoxy) is 1. The van der Waals surface area contributed by atoms with Crippen LogP contribution in [0.25, 0.3) is 5.57 Å². The first kappa shape index (κ1) is 22.5. The average Bonchev–Trinajstić information content (AvgIpc) is 2.87. The van der Waals surface area contributed by atoms with Gasteiger partial charge in [-0.15, -0.1) is 11.8 Å². The van der Waals surface area contributed by atoms with Crippen molar-refractivity contribution >= 4 is 29.1 Å². The van der Waals surface area contributed by atoms with Crippen LogP contribution < -0.4 is 4.74 Å². The van der Waals surface area contributed by atoms with Crippen molar-refractivity contribution in [2.45, 2.75) is 65.6 Å². The zero-order valence-corrected chi connectivity index (χ0v) is 18.6. The number of hydrogen-bond donors (Lipinski definition) is 0. The molecule has 1 aromatic rings. The van der Waals surface area contributed by atoms with Crippen LogP contribution in [0.2, 0.25) is 0 Å². The lowest BCUT2D eigenvalue weighted by molar-refractivity contribution is -0.136. The Balaban J connectivity index is 2.22. The summed E-state index contributed by atoms with van der Waals surface area (Å²) in [5.41, 5.74) is 1.32. The molecule has 0 aliphatic carbocycles. The third kappa shape index (κ3) is 5.87. The Morgan fingerprint density at radius 3 is 2.21 bits per heavy atom. The number of benzene rings is 1. The Bertz CT molecular complexity index is 707. The first-order valence-electron chi connectivity index (χ1n) is 10.4. The van der Waals surface area contributed by atoms with Gasteiger partial charge in [-0.05, 0) is 30.0 Å². The van der Waals surface area contributed by atoms with Gasteiger partial charge in [0.25, 0.3) is 11.8 Å². The van der Waals surface area contributed by atoms with E-state index in [9.17, 15) is 9.59 Å². The molecule has 1 aromatic carbocycles. The van der Waals surface area contributed by atoms with Crippen LogP contribution in [0.1, 0.15) is 65.9 Å². The van der Waals surface area contributed by atoms with Crippen LogP contribution in [0, 0.1) is 5.92 Å². The summed E-state index contributed by atoms with van der Waals surface area (Å²) in [6, 6.07) is 7.53. The molecule has 154 valence electrons. The van der Waals surface area contributed by atoms with Gasteiger partial charge in [-0.1, -0.05) is 66.0 Å². The van der Waals surface area contributed by atoms with Crippen molar-refractivity contribution in [1.29, 1.82) is 0 Å². The molecule has 0 aromatic heterocycles. The molecular weight excluding hydrogens is 370 g/mol. The minimum absolute atomic E-state index is 0.143. The summed E-state index contributed by atoms with van der Waals surface area (Å²) in [7, 11) is 0. The van der Waals surface area contributed by atoms with Gasteiger partial charge in [0.1, 0.15) is 5.75 Å². The number of rotatable bonds is 11. The van der Waals surface area contributed by atoms with E-state index in [1.165, 1.54) is 16.7 Å². The summed E-state index contributed by atoms with van der Waals surface area (Å²) < 4.78 is 5.74. The van der Waals surface area contributed by atoms with E-state index in [0.29, 0.717) is 29.5 Å². The van der Waals surface area contributed by atoms with Crippen molar-refractivity contribution in [3.05, 3.63) is 34.7 Å². The maximum atomic E-state index is 13.1. The van der Waals surface area contributed by atoms with Crippen molar-refractivity contribution in [3.8, 4) is 5.75 Å². The number of nitrogens with zero attached hydrogens (tertiary/aromatic N) is 1. The van der Waals surface area contributed by atoms with Crippen LogP contribution in [-0.4, -0.2) is 35.1 Å². The molecule has 2 rings (SSSR count). The highest BCUT2D eigenvalue weighted by Gasteiger charge is 2.39. The molecule has 0 unspecified atom stereocenters. The van der Waals surface area contributed by atoms with E-state index in [0.717, 1.165) is 37.0 Å². The molecule has 0 spiro atoms. The monoisotopic (exact) mass is 403 g/mol. The van der Waals surface area contributed by atoms with E-state index in [1.807, 2.05) is 38.1 Å². The fourth-order valence-corrected chi connectivity index (χ4v) is 4.04. The molecule has 5 heteroatoms. The standard InChI is InChI=1S/C23H33NO3S/c1-6-7-8-9-14-24-22(25)20(21(23(24)26)28-17(4)5)18-10-12-19(13-11-18)27-15-16(2)3/h10-13,16-17H,6-9,14-15H2,1-5H3. The first-order chi connectivity index (χ1) is 13.3. The highest BCUT2D eigenvalue weighted by Crippen LogP contribution is 2.38. The quantitative estimate of drug-likeness (QED) is 0.360. The number of hydrogen-bond acceptors (Lipinski definition) is 4. The van der Waals surface area contributed by atoms with Gasteiger partial charge in [0, 0.05) is 11.8 Å². The smallest absolute Gasteiger partial charge is 0.267 e. The van der Waals surface area contributed by atoms with Crippen LogP contribution in [0.4, 0.5) is 0 Å². The molecule has 0 fully saturated rings. The summed E-state index contributed by atoms with van der Waals surface area (Å²) in [5, 5.41) is 0.232. The van der Waals surface area contributed by atoms with E-state index in [-0.39, 0.29) is 17.1 Å². The van der Waals surface area contributed by atoms with Crippen LogP contribution >= 0.6 is 11.8 Å². The first-order valence-corrected chi connectivity index (χ1v) is 11.2. The second kappa shape index (κ2) is 10.7. The fourth-order valence-electron chi connectivity index (χ4n) is 3.03. The molecule has 1 heterocycles. The Morgan fingerprint density at radius 1 is 0.964 bits per heavy atom. The zero-order valence-electron chi connectivity index (χ0n) is 17.8. The van der Waals surface area contributed by atoms with E-state index < -0.39 is 0 Å². The van der Waals surface area contributed by atoms with Crippen LogP contribution in [-0.2, 0) is 9.59 Å². The SMILES string of the molecule is CCCCCCN1C(=O)C(SC(C)C)=C(c2ccc(OCC(C)C)cc2)C1=O. The number of amides is 2. The number of carbonyl (C=O) groups excluding carboxylic acids is 2. The Morgan fingerprint density at radius 2 is 1.64 bits per heavy atom. The van der Waals surface area contributed by atoms with Gasteiger partial charge < -0.3 is 4.74 Å². The molecule has 0 saturated heterocycles. The van der Waals surface area contributed by atoms with E-state index in [2.05, 4.69) is 20.8 Å². The zero-order chi connectivity index (χ0) is 20.7. The highest BCUT2D eigenvalue weighted by atomic mass is 32.2. The van der Waals surface area contributed by atoms with Crippen LogP contribution in [0.3, 0.4) is 0 Å². The Kier molecular flexibility index (Phi) is 8.61. The van der Waals surface area contributed by atoms with Gasteiger partial charge in [-0.2, -0.15) is 0 Å². The average molecular weight is 404 g/mol. The topological polar surface area (TPSA) is 46.6 Å². The number of imide groups is 1. The summed E-state index contributed by atoms with van der Waals surface area (Å²) in [5.74, 6) is 0.923. The minimum Gasteiger partial charge on any atom is -0.493 e. The maximum Gasteiger partial charge on any atom is 0.267 e. The minimum atomic E-state index is -0.166. The normalized spacial score (nSPS) is 14.8.